The average Bonchev–Trinajstić information content (AvgIpc) is 2.73. The highest BCUT2D eigenvalue weighted by Crippen LogP contribution is 2.41. The summed E-state index contributed by atoms with van der Waals surface area (Å²) in [4.78, 5) is 0. The molecule has 2 rings (SSSR count). The fourth-order valence-corrected chi connectivity index (χ4v) is 2.67. The van der Waals surface area contributed by atoms with Crippen LogP contribution in [0.3, 0.4) is 0 Å². The van der Waals surface area contributed by atoms with Crippen molar-refractivity contribution in [1.82, 2.24) is 0 Å². The SMILES string of the molecule is NC(CCC(F)(F)F)C1CC2CCC1O2. The van der Waals surface area contributed by atoms with Gasteiger partial charge in [0.15, 0.2) is 0 Å². The second-order valence-electron chi connectivity index (χ2n) is 4.59. The Balaban J connectivity index is 1.79. The summed E-state index contributed by atoms with van der Waals surface area (Å²) in [7, 11) is 0. The van der Waals surface area contributed by atoms with E-state index in [0.717, 1.165) is 19.3 Å². The van der Waals surface area contributed by atoms with Crippen LogP contribution in [0.25, 0.3) is 0 Å². The predicted molar refractivity (Wildman–Crippen MR) is 49.3 cm³/mol. The molecule has 88 valence electrons. The molecule has 2 bridgehead atoms. The monoisotopic (exact) mass is 223 g/mol. The number of alkyl halides is 3. The van der Waals surface area contributed by atoms with Crippen LogP contribution in [-0.4, -0.2) is 24.4 Å². The van der Waals surface area contributed by atoms with Crippen LogP contribution in [-0.2, 0) is 4.74 Å². The van der Waals surface area contributed by atoms with Gasteiger partial charge in [0.2, 0.25) is 0 Å². The molecule has 2 N–H and O–H groups in total. The lowest BCUT2D eigenvalue weighted by Crippen LogP contribution is -2.37. The smallest absolute Gasteiger partial charge is 0.375 e. The number of nitrogens with two attached hydrogens (primary N) is 1. The summed E-state index contributed by atoms with van der Waals surface area (Å²) in [6, 6.07) is -0.359. The van der Waals surface area contributed by atoms with Crippen LogP contribution in [0.5, 0.6) is 0 Å². The maximum absolute atomic E-state index is 12.0. The molecule has 15 heavy (non-hydrogen) atoms. The Kier molecular flexibility index (Phi) is 2.94. The molecule has 0 aromatic heterocycles. The minimum Gasteiger partial charge on any atom is -0.375 e. The molecule has 0 saturated carbocycles. The van der Waals surface area contributed by atoms with Crippen LogP contribution in [0.2, 0.25) is 0 Å². The summed E-state index contributed by atoms with van der Waals surface area (Å²) in [6.07, 6.45) is -1.58. The number of rotatable bonds is 3. The molecule has 0 aromatic rings. The van der Waals surface area contributed by atoms with Crippen LogP contribution in [0.1, 0.15) is 32.1 Å². The van der Waals surface area contributed by atoms with Gasteiger partial charge in [-0.3, -0.25) is 0 Å². The van der Waals surface area contributed by atoms with Gasteiger partial charge in [-0.1, -0.05) is 0 Å². The molecule has 2 saturated heterocycles. The van der Waals surface area contributed by atoms with Crippen molar-refractivity contribution < 1.29 is 17.9 Å². The van der Waals surface area contributed by atoms with Gasteiger partial charge >= 0.3 is 6.18 Å². The van der Waals surface area contributed by atoms with Gasteiger partial charge in [-0.15, -0.1) is 0 Å². The molecule has 0 spiro atoms. The van der Waals surface area contributed by atoms with Gasteiger partial charge in [0.1, 0.15) is 0 Å². The molecule has 2 nitrogen and oxygen atoms in total. The summed E-state index contributed by atoms with van der Waals surface area (Å²) in [5.41, 5.74) is 5.79. The lowest BCUT2D eigenvalue weighted by Gasteiger charge is -2.25. The van der Waals surface area contributed by atoms with E-state index >= 15 is 0 Å². The minimum atomic E-state index is -4.09. The molecule has 2 aliphatic heterocycles. The second-order valence-corrected chi connectivity index (χ2v) is 4.59. The molecule has 2 fully saturated rings. The maximum Gasteiger partial charge on any atom is 0.389 e. The molecular formula is C10H16F3NO. The highest BCUT2D eigenvalue weighted by molar-refractivity contribution is 4.94. The molecule has 0 aliphatic carbocycles. The Labute approximate surface area is 87.0 Å². The molecule has 0 aromatic carbocycles. The molecule has 5 heteroatoms. The Morgan fingerprint density at radius 1 is 1.33 bits per heavy atom. The Morgan fingerprint density at radius 2 is 2.07 bits per heavy atom. The van der Waals surface area contributed by atoms with Crippen LogP contribution in [0.4, 0.5) is 13.2 Å². The van der Waals surface area contributed by atoms with Crippen molar-refractivity contribution in [3.8, 4) is 0 Å². The first-order chi connectivity index (χ1) is 6.96. The zero-order valence-corrected chi connectivity index (χ0v) is 8.46. The zero-order chi connectivity index (χ0) is 11.1. The van der Waals surface area contributed by atoms with E-state index in [4.69, 9.17) is 10.5 Å². The van der Waals surface area contributed by atoms with Crippen LogP contribution in [0.15, 0.2) is 0 Å². The molecule has 2 aliphatic rings. The summed E-state index contributed by atoms with van der Waals surface area (Å²) in [6.45, 7) is 0. The summed E-state index contributed by atoms with van der Waals surface area (Å²) in [5, 5.41) is 0. The number of hydrogen-bond acceptors (Lipinski definition) is 2. The van der Waals surface area contributed by atoms with Crippen molar-refractivity contribution >= 4 is 0 Å². The lowest BCUT2D eigenvalue weighted by molar-refractivity contribution is -0.137. The highest BCUT2D eigenvalue weighted by atomic mass is 19.4. The first kappa shape index (κ1) is 11.2. The first-order valence-electron chi connectivity index (χ1n) is 5.43. The van der Waals surface area contributed by atoms with E-state index in [9.17, 15) is 13.2 Å². The predicted octanol–water partition coefficient (Wildman–Crippen LogP) is 2.22. The molecule has 2 heterocycles. The average molecular weight is 223 g/mol. The maximum atomic E-state index is 12.0. The van der Waals surface area contributed by atoms with E-state index in [-0.39, 0.29) is 30.6 Å². The van der Waals surface area contributed by atoms with E-state index in [2.05, 4.69) is 0 Å². The fourth-order valence-electron chi connectivity index (χ4n) is 2.67. The topological polar surface area (TPSA) is 35.2 Å². The van der Waals surface area contributed by atoms with Gasteiger partial charge < -0.3 is 10.5 Å². The standard InChI is InChI=1S/C10H16F3NO/c11-10(12,13)4-3-8(14)7-5-6-1-2-9(7)15-6/h6-9H,1-5,14H2. The van der Waals surface area contributed by atoms with Crippen LogP contribution >= 0.6 is 0 Å². The van der Waals surface area contributed by atoms with Gasteiger partial charge in [-0.2, -0.15) is 13.2 Å². The van der Waals surface area contributed by atoms with E-state index in [1.807, 2.05) is 0 Å². The van der Waals surface area contributed by atoms with E-state index in [1.165, 1.54) is 0 Å². The number of halogens is 3. The van der Waals surface area contributed by atoms with Crippen LogP contribution in [0, 0.1) is 5.92 Å². The molecule has 4 unspecified atom stereocenters. The second kappa shape index (κ2) is 3.94. The molecule has 0 radical (unpaired) electrons. The highest BCUT2D eigenvalue weighted by Gasteiger charge is 2.43. The van der Waals surface area contributed by atoms with Crippen molar-refractivity contribution in [2.24, 2.45) is 11.7 Å². The van der Waals surface area contributed by atoms with Gasteiger partial charge in [-0.05, 0) is 25.7 Å². The van der Waals surface area contributed by atoms with Crippen molar-refractivity contribution in [2.45, 2.75) is 56.5 Å². The number of hydrogen-bond donors (Lipinski definition) is 1. The zero-order valence-electron chi connectivity index (χ0n) is 8.46. The van der Waals surface area contributed by atoms with Gasteiger partial charge in [-0.25, -0.2) is 0 Å². The number of ether oxygens (including phenoxy) is 1. The largest absolute Gasteiger partial charge is 0.389 e. The Hall–Kier alpha value is -0.290. The molecule has 0 amide bonds. The Bertz CT molecular complexity index is 231. The molecular weight excluding hydrogens is 207 g/mol. The van der Waals surface area contributed by atoms with Gasteiger partial charge in [0.25, 0.3) is 0 Å². The Morgan fingerprint density at radius 3 is 2.53 bits per heavy atom. The normalized spacial score (nSPS) is 37.2. The summed E-state index contributed by atoms with van der Waals surface area (Å²) >= 11 is 0. The summed E-state index contributed by atoms with van der Waals surface area (Å²) in [5.74, 6) is 0.145. The van der Waals surface area contributed by atoms with Crippen molar-refractivity contribution in [1.29, 1.82) is 0 Å². The van der Waals surface area contributed by atoms with Crippen molar-refractivity contribution in [3.63, 3.8) is 0 Å². The fraction of sp³-hybridized carbons (Fsp3) is 1.00. The first-order valence-corrected chi connectivity index (χ1v) is 5.43. The minimum absolute atomic E-state index is 0.0285. The third-order valence-corrected chi connectivity index (χ3v) is 3.46. The van der Waals surface area contributed by atoms with E-state index in [1.54, 1.807) is 0 Å². The van der Waals surface area contributed by atoms with Crippen molar-refractivity contribution in [3.05, 3.63) is 0 Å². The number of fused-ring (bicyclic) bond motifs is 2. The summed E-state index contributed by atoms with van der Waals surface area (Å²) < 4.78 is 41.6. The third kappa shape index (κ3) is 2.64. The quantitative estimate of drug-likeness (QED) is 0.796. The van der Waals surface area contributed by atoms with E-state index in [0.29, 0.717) is 0 Å². The van der Waals surface area contributed by atoms with E-state index < -0.39 is 12.6 Å². The van der Waals surface area contributed by atoms with Gasteiger partial charge in [0.05, 0.1) is 12.2 Å². The lowest BCUT2D eigenvalue weighted by atomic mass is 9.82. The van der Waals surface area contributed by atoms with Crippen molar-refractivity contribution in [2.75, 3.05) is 0 Å². The van der Waals surface area contributed by atoms with Gasteiger partial charge in [0, 0.05) is 18.4 Å². The third-order valence-electron chi connectivity index (χ3n) is 3.46. The molecule has 4 atom stereocenters. The van der Waals surface area contributed by atoms with Crippen LogP contribution < -0.4 is 5.73 Å².